The number of fused-ring (bicyclic) bond motifs is 4. The Morgan fingerprint density at radius 3 is 2.42 bits per heavy atom. The molecule has 53 heavy (non-hydrogen) atoms. The highest BCUT2D eigenvalue weighted by Crippen LogP contribution is 2.63. The van der Waals surface area contributed by atoms with E-state index in [1.54, 1.807) is 29.9 Å². The van der Waals surface area contributed by atoms with Gasteiger partial charge < -0.3 is 16.2 Å². The van der Waals surface area contributed by atoms with Crippen LogP contribution in [0.5, 0.6) is 0 Å². The summed E-state index contributed by atoms with van der Waals surface area (Å²) < 4.78 is 90.6. The Morgan fingerprint density at radius 2 is 1.77 bits per heavy atom. The van der Waals surface area contributed by atoms with E-state index in [9.17, 15) is 27.5 Å². The highest BCUT2D eigenvalue weighted by Gasteiger charge is 2.62. The Labute approximate surface area is 300 Å². The lowest BCUT2D eigenvalue weighted by Crippen LogP contribution is -2.36. The monoisotopic (exact) mass is 735 g/mol. The van der Waals surface area contributed by atoms with Crippen molar-refractivity contribution >= 4 is 22.6 Å². The zero-order chi connectivity index (χ0) is 38.1. The Balaban J connectivity index is 1.37. The van der Waals surface area contributed by atoms with Crippen molar-refractivity contribution < 1.29 is 36.2 Å². The summed E-state index contributed by atoms with van der Waals surface area (Å²) in [6, 6.07) is 8.56. The number of alkyl halides is 4. The standard InChI is InChI=1S/C38H35F6N7O2/c1-18-5-7-24(33-29(18)36(45)49-50(33)4)23-8-6-22(11-12-37(2,3)53)46-31(23)27(15-19-13-20(39)16-21(40)14-19)47-28(52)17-51-34-30(32(48-51)35(41)42)25-9-10-26(25)38(34,43)44/h5-8,13-14,16,25-27,35,53H,9-10,15,17H2,1-4H3,(H2,45,49)(H,47,52)/t25-,26+,27-/m0/s1. The summed E-state index contributed by atoms with van der Waals surface area (Å²) >= 11 is 0. The molecule has 0 radical (unpaired) electrons. The molecule has 3 aromatic heterocycles. The number of aromatic nitrogens is 5. The van der Waals surface area contributed by atoms with Gasteiger partial charge >= 0.3 is 0 Å². The van der Waals surface area contributed by atoms with E-state index in [1.807, 2.05) is 13.0 Å². The van der Waals surface area contributed by atoms with Gasteiger partial charge in [-0.25, -0.2) is 22.5 Å². The number of pyridine rings is 1. The van der Waals surface area contributed by atoms with E-state index >= 15 is 8.78 Å². The van der Waals surface area contributed by atoms with Gasteiger partial charge in [0.05, 0.1) is 17.3 Å². The van der Waals surface area contributed by atoms with Gasteiger partial charge in [-0.05, 0) is 87.3 Å². The molecule has 1 saturated carbocycles. The van der Waals surface area contributed by atoms with Crippen LogP contribution in [0.15, 0.2) is 42.5 Å². The first-order valence-electron chi connectivity index (χ1n) is 16.9. The van der Waals surface area contributed by atoms with Crippen LogP contribution in [0.2, 0.25) is 0 Å². The highest BCUT2D eigenvalue weighted by molar-refractivity contribution is 6.02. The van der Waals surface area contributed by atoms with Crippen LogP contribution in [0.25, 0.3) is 22.0 Å². The second-order valence-corrected chi connectivity index (χ2v) is 14.2. The van der Waals surface area contributed by atoms with Crippen LogP contribution < -0.4 is 11.1 Å². The molecule has 2 aliphatic carbocycles. The third kappa shape index (κ3) is 6.49. The molecule has 1 amide bonds. The van der Waals surface area contributed by atoms with Crippen molar-refractivity contribution in [3.8, 4) is 23.0 Å². The van der Waals surface area contributed by atoms with Crippen molar-refractivity contribution in [2.24, 2.45) is 13.0 Å². The summed E-state index contributed by atoms with van der Waals surface area (Å²) in [6.45, 7) is 3.97. The maximum Gasteiger partial charge on any atom is 0.293 e. The Kier molecular flexibility index (Phi) is 8.80. The van der Waals surface area contributed by atoms with E-state index in [-0.39, 0.29) is 41.2 Å². The number of amides is 1. The number of aliphatic hydroxyl groups is 1. The number of nitrogens with one attached hydrogen (secondary N) is 1. The molecule has 7 rings (SSSR count). The number of benzene rings is 2. The van der Waals surface area contributed by atoms with Gasteiger partial charge in [0.1, 0.15) is 40.9 Å². The molecule has 1 fully saturated rings. The van der Waals surface area contributed by atoms with Crippen molar-refractivity contribution in [2.45, 2.75) is 76.5 Å². The molecule has 5 aromatic rings. The minimum atomic E-state index is -3.47. The first kappa shape index (κ1) is 36.0. The van der Waals surface area contributed by atoms with Crippen LogP contribution in [0.4, 0.5) is 32.2 Å². The molecular formula is C38H35F6N7O2. The van der Waals surface area contributed by atoms with Crippen molar-refractivity contribution in [3.63, 3.8) is 0 Å². The van der Waals surface area contributed by atoms with Gasteiger partial charge in [-0.3, -0.25) is 14.2 Å². The summed E-state index contributed by atoms with van der Waals surface area (Å²) in [7, 11) is 1.70. The van der Waals surface area contributed by atoms with Gasteiger partial charge in [0, 0.05) is 41.1 Å². The average Bonchev–Trinajstić information content (AvgIpc) is 3.60. The van der Waals surface area contributed by atoms with Crippen molar-refractivity contribution in [2.75, 3.05) is 5.73 Å². The molecule has 4 N–H and O–H groups in total. The van der Waals surface area contributed by atoms with Gasteiger partial charge in [-0.1, -0.05) is 18.1 Å². The van der Waals surface area contributed by atoms with Crippen LogP contribution in [0.1, 0.15) is 84.5 Å². The fraction of sp³-hybridized carbons (Fsp3) is 0.368. The van der Waals surface area contributed by atoms with Gasteiger partial charge in [-0.15, -0.1) is 0 Å². The molecule has 0 unspecified atom stereocenters. The summed E-state index contributed by atoms with van der Waals surface area (Å²) in [5.41, 5.74) is 6.12. The van der Waals surface area contributed by atoms with Crippen LogP contribution >= 0.6 is 0 Å². The molecule has 0 spiro atoms. The highest BCUT2D eigenvalue weighted by atomic mass is 19.3. The Morgan fingerprint density at radius 1 is 1.08 bits per heavy atom. The molecule has 276 valence electrons. The van der Waals surface area contributed by atoms with Crippen molar-refractivity contribution in [1.82, 2.24) is 29.9 Å². The third-order valence-electron chi connectivity index (χ3n) is 9.91. The SMILES string of the molecule is Cc1ccc(-c2ccc(C#CC(C)(C)O)nc2[C@H](Cc2cc(F)cc(F)c2)NC(=O)Cn2nc(C(F)F)c3c2C(F)(F)[C@@H]2CC[C@H]32)c2c1c(N)nn2C. The van der Waals surface area contributed by atoms with E-state index in [4.69, 9.17) is 10.7 Å². The molecule has 0 bridgehead atoms. The van der Waals surface area contributed by atoms with E-state index < -0.39 is 71.3 Å². The molecule has 3 atom stereocenters. The van der Waals surface area contributed by atoms with E-state index in [1.165, 1.54) is 13.8 Å². The largest absolute Gasteiger partial charge is 0.382 e. The maximum absolute atomic E-state index is 15.6. The number of nitrogens with two attached hydrogens (primary N) is 1. The normalized spacial score (nSPS) is 18.0. The number of carbonyl (C=O) groups is 1. The molecule has 0 aliphatic heterocycles. The third-order valence-corrected chi connectivity index (χ3v) is 9.91. The predicted molar refractivity (Wildman–Crippen MR) is 184 cm³/mol. The first-order chi connectivity index (χ1) is 24.9. The number of anilines is 1. The van der Waals surface area contributed by atoms with Gasteiger partial charge in [0.25, 0.3) is 12.3 Å². The zero-order valence-electron chi connectivity index (χ0n) is 29.1. The quantitative estimate of drug-likeness (QED) is 0.120. The topological polar surface area (TPSA) is 124 Å². The number of hydrogen-bond donors (Lipinski definition) is 3. The molecule has 15 heteroatoms. The van der Waals surface area contributed by atoms with E-state index in [0.29, 0.717) is 39.2 Å². The fourth-order valence-corrected chi connectivity index (χ4v) is 7.58. The minimum Gasteiger partial charge on any atom is -0.382 e. The smallest absolute Gasteiger partial charge is 0.293 e. The number of hydrogen-bond acceptors (Lipinski definition) is 6. The van der Waals surface area contributed by atoms with Gasteiger partial charge in [0.15, 0.2) is 5.82 Å². The number of carbonyl (C=O) groups excluding carboxylic acids is 1. The van der Waals surface area contributed by atoms with Gasteiger partial charge in [0.2, 0.25) is 5.91 Å². The molecule has 2 aromatic carbocycles. The molecule has 9 nitrogen and oxygen atoms in total. The molecule has 0 saturated heterocycles. The minimum absolute atomic E-state index is 0.121. The van der Waals surface area contributed by atoms with E-state index in [2.05, 4.69) is 27.4 Å². The van der Waals surface area contributed by atoms with Crippen molar-refractivity contribution in [3.05, 3.63) is 93.6 Å². The Bertz CT molecular complexity index is 2330. The molecule has 2 aliphatic rings. The lowest BCUT2D eigenvalue weighted by molar-refractivity contribution is -0.123. The average molecular weight is 736 g/mol. The lowest BCUT2D eigenvalue weighted by atomic mass is 9.73. The Hall–Kier alpha value is -5.36. The summed E-state index contributed by atoms with van der Waals surface area (Å²) in [4.78, 5) is 18.7. The number of halogens is 6. The molecule has 3 heterocycles. The second kappa shape index (κ2) is 12.9. The van der Waals surface area contributed by atoms with Crippen LogP contribution in [0, 0.1) is 36.3 Å². The summed E-state index contributed by atoms with van der Waals surface area (Å²) in [6.07, 6.45) is -2.91. The van der Waals surface area contributed by atoms with Gasteiger partial charge in [-0.2, -0.15) is 19.0 Å². The number of nitrogen functional groups attached to an aromatic ring is 1. The van der Waals surface area contributed by atoms with Crippen LogP contribution in [-0.4, -0.2) is 41.2 Å². The first-order valence-corrected chi connectivity index (χ1v) is 16.9. The van der Waals surface area contributed by atoms with Crippen molar-refractivity contribution in [1.29, 1.82) is 0 Å². The number of nitrogens with zero attached hydrogens (tertiary/aromatic N) is 5. The summed E-state index contributed by atoms with van der Waals surface area (Å²) in [5.74, 6) is -2.28. The number of rotatable bonds is 8. The lowest BCUT2D eigenvalue weighted by Gasteiger charge is -2.34. The summed E-state index contributed by atoms with van der Waals surface area (Å²) in [5, 5.41) is 21.9. The second-order valence-electron chi connectivity index (χ2n) is 14.2. The van der Waals surface area contributed by atoms with Crippen LogP contribution in [-0.2, 0) is 30.7 Å². The van der Waals surface area contributed by atoms with Crippen LogP contribution in [0.3, 0.4) is 0 Å². The van der Waals surface area contributed by atoms with E-state index in [0.717, 1.165) is 17.7 Å². The maximum atomic E-state index is 15.6. The number of aryl methyl sites for hydroxylation is 2. The zero-order valence-corrected chi connectivity index (χ0v) is 29.1. The fourth-order valence-electron chi connectivity index (χ4n) is 7.58. The predicted octanol–water partition coefficient (Wildman–Crippen LogP) is 6.76. The molecular weight excluding hydrogens is 700 g/mol.